The molecule has 126 valence electrons. The maximum Gasteiger partial charge on any atom is 0.503 e. The van der Waals surface area contributed by atoms with Crippen molar-refractivity contribution in [2.75, 3.05) is 41.2 Å². The predicted molar refractivity (Wildman–Crippen MR) is 84.5 cm³/mol. The fraction of sp³-hybridized carbons (Fsp3) is 1.00. The van der Waals surface area contributed by atoms with E-state index in [1.807, 2.05) is 0 Å². The number of epoxide rings is 1. The molecule has 0 aromatic carbocycles. The van der Waals surface area contributed by atoms with E-state index < -0.39 is 8.80 Å². The van der Waals surface area contributed by atoms with Crippen LogP contribution in [0, 0.1) is 0 Å². The Morgan fingerprint density at radius 1 is 1.05 bits per heavy atom. The molecule has 1 fully saturated rings. The monoisotopic (exact) mass is 320 g/mol. The smallest absolute Gasteiger partial charge is 0.379 e. The van der Waals surface area contributed by atoms with Crippen molar-refractivity contribution in [2.45, 2.75) is 57.1 Å². The average molecular weight is 321 g/mol. The molecular weight excluding hydrogens is 288 g/mol. The van der Waals surface area contributed by atoms with E-state index in [2.05, 4.69) is 6.92 Å². The number of rotatable bonds is 14. The summed E-state index contributed by atoms with van der Waals surface area (Å²) in [5, 5.41) is 0. The maximum absolute atomic E-state index is 5.67. The zero-order valence-electron chi connectivity index (χ0n) is 14.1. The van der Waals surface area contributed by atoms with Crippen LogP contribution in [0.15, 0.2) is 0 Å². The van der Waals surface area contributed by atoms with E-state index in [-0.39, 0.29) is 0 Å². The number of unbranched alkanes of at least 4 members (excludes halogenated alkanes) is 2. The minimum Gasteiger partial charge on any atom is -0.379 e. The third kappa shape index (κ3) is 6.75. The summed E-state index contributed by atoms with van der Waals surface area (Å²) in [7, 11) is 2.56. The van der Waals surface area contributed by atoms with E-state index in [1.54, 1.807) is 21.3 Å². The van der Waals surface area contributed by atoms with Crippen LogP contribution >= 0.6 is 0 Å². The largest absolute Gasteiger partial charge is 0.503 e. The number of ether oxygens (including phenoxy) is 2. The van der Waals surface area contributed by atoms with Gasteiger partial charge in [-0.25, -0.2) is 0 Å². The molecule has 1 saturated heterocycles. The molecule has 0 spiro atoms. The highest BCUT2D eigenvalue weighted by atomic mass is 28.4. The van der Waals surface area contributed by atoms with Crippen LogP contribution in [-0.4, -0.2) is 56.1 Å². The highest BCUT2D eigenvalue weighted by molar-refractivity contribution is 6.62. The van der Waals surface area contributed by atoms with Gasteiger partial charge in [-0.1, -0.05) is 26.2 Å². The Labute approximate surface area is 130 Å². The van der Waals surface area contributed by atoms with Crippen molar-refractivity contribution < 1.29 is 22.8 Å². The van der Waals surface area contributed by atoms with Gasteiger partial charge < -0.3 is 22.8 Å². The molecule has 1 rings (SSSR count). The Bertz CT molecular complexity index is 248. The lowest BCUT2D eigenvalue weighted by Crippen LogP contribution is -2.47. The maximum atomic E-state index is 5.67. The van der Waals surface area contributed by atoms with Gasteiger partial charge in [-0.05, 0) is 19.3 Å². The Morgan fingerprint density at radius 3 is 2.19 bits per heavy atom. The molecular formula is C15H32O5Si. The normalized spacial score (nSPS) is 19.7. The van der Waals surface area contributed by atoms with Crippen LogP contribution in [0.25, 0.3) is 0 Å². The summed E-state index contributed by atoms with van der Waals surface area (Å²) >= 11 is 0. The molecule has 0 amide bonds. The van der Waals surface area contributed by atoms with Gasteiger partial charge in [0.25, 0.3) is 0 Å². The van der Waals surface area contributed by atoms with E-state index in [1.165, 1.54) is 19.3 Å². The van der Waals surface area contributed by atoms with Gasteiger partial charge in [-0.15, -0.1) is 0 Å². The van der Waals surface area contributed by atoms with E-state index in [4.69, 9.17) is 22.8 Å². The predicted octanol–water partition coefficient (Wildman–Crippen LogP) is 3.01. The number of hydrogen-bond acceptors (Lipinski definition) is 5. The molecule has 2 atom stereocenters. The Balaban J connectivity index is 2.37. The molecule has 0 radical (unpaired) electrons. The molecule has 0 aliphatic carbocycles. The minimum atomic E-state index is -2.55. The van der Waals surface area contributed by atoms with Crippen LogP contribution in [0.4, 0.5) is 0 Å². The fourth-order valence-corrected chi connectivity index (χ4v) is 5.31. The zero-order chi connectivity index (χ0) is 15.6. The molecule has 1 aliphatic rings. The van der Waals surface area contributed by atoms with Gasteiger partial charge in [0.15, 0.2) is 0 Å². The van der Waals surface area contributed by atoms with Crippen molar-refractivity contribution in [3.05, 3.63) is 0 Å². The van der Waals surface area contributed by atoms with Gasteiger partial charge in [0.1, 0.15) is 6.10 Å². The van der Waals surface area contributed by atoms with Gasteiger partial charge in [-0.3, -0.25) is 0 Å². The summed E-state index contributed by atoms with van der Waals surface area (Å²) in [6.07, 6.45) is 7.14. The van der Waals surface area contributed by atoms with Crippen LogP contribution < -0.4 is 0 Å². The Morgan fingerprint density at radius 2 is 1.67 bits per heavy atom. The van der Waals surface area contributed by atoms with Crippen molar-refractivity contribution in [3.8, 4) is 0 Å². The Kier molecular flexibility index (Phi) is 9.71. The van der Waals surface area contributed by atoms with Gasteiger partial charge in [0.2, 0.25) is 0 Å². The number of hydrogen-bond donors (Lipinski definition) is 0. The van der Waals surface area contributed by atoms with E-state index in [9.17, 15) is 0 Å². The molecule has 0 saturated carbocycles. The van der Waals surface area contributed by atoms with E-state index >= 15 is 0 Å². The lowest BCUT2D eigenvalue weighted by Gasteiger charge is -2.32. The van der Waals surface area contributed by atoms with Crippen LogP contribution in [-0.2, 0) is 22.8 Å². The van der Waals surface area contributed by atoms with Crippen molar-refractivity contribution in [1.82, 2.24) is 0 Å². The van der Waals surface area contributed by atoms with Crippen LogP contribution in [0.5, 0.6) is 0 Å². The first-order valence-electron chi connectivity index (χ1n) is 8.07. The third-order valence-electron chi connectivity index (χ3n) is 4.06. The summed E-state index contributed by atoms with van der Waals surface area (Å²) in [4.78, 5) is 0. The summed E-state index contributed by atoms with van der Waals surface area (Å²) in [5.41, 5.74) is 0.352. The lowest BCUT2D eigenvalue weighted by atomic mass is 10.1. The topological polar surface area (TPSA) is 49.5 Å². The summed E-state index contributed by atoms with van der Waals surface area (Å²) in [6.45, 7) is 4.57. The van der Waals surface area contributed by atoms with Crippen molar-refractivity contribution in [1.29, 1.82) is 0 Å². The molecule has 0 aromatic rings. The van der Waals surface area contributed by atoms with E-state index in [0.717, 1.165) is 39.1 Å². The first-order valence-corrected chi connectivity index (χ1v) is 9.87. The SMILES string of the molecule is CCCCCC(CCCOCC1CO1)[Si](OC)(OC)OC. The second-order valence-electron chi connectivity index (χ2n) is 5.58. The summed E-state index contributed by atoms with van der Waals surface area (Å²) in [6, 6.07) is 0. The molecule has 0 aromatic heterocycles. The molecule has 5 nitrogen and oxygen atoms in total. The molecule has 2 unspecified atom stereocenters. The van der Waals surface area contributed by atoms with Gasteiger partial charge >= 0.3 is 8.80 Å². The van der Waals surface area contributed by atoms with Crippen molar-refractivity contribution in [3.63, 3.8) is 0 Å². The third-order valence-corrected chi connectivity index (χ3v) is 7.34. The second kappa shape index (κ2) is 10.7. The second-order valence-corrected chi connectivity index (χ2v) is 8.83. The summed E-state index contributed by atoms with van der Waals surface area (Å²) in [5.74, 6) is 0. The molecule has 0 N–H and O–H groups in total. The van der Waals surface area contributed by atoms with Gasteiger partial charge in [0, 0.05) is 33.5 Å². The molecule has 1 aliphatic heterocycles. The van der Waals surface area contributed by atoms with Crippen LogP contribution in [0.1, 0.15) is 45.4 Å². The highest BCUT2D eigenvalue weighted by Gasteiger charge is 2.46. The van der Waals surface area contributed by atoms with Crippen LogP contribution in [0.2, 0.25) is 5.54 Å². The fourth-order valence-electron chi connectivity index (χ4n) is 2.70. The minimum absolute atomic E-state index is 0.343. The van der Waals surface area contributed by atoms with Crippen LogP contribution in [0.3, 0.4) is 0 Å². The van der Waals surface area contributed by atoms with Gasteiger partial charge in [0.05, 0.1) is 13.2 Å². The first kappa shape index (κ1) is 19.1. The standard InChI is InChI=1S/C15H32O5Si/c1-5-6-7-9-15(21(16-2,17-3)18-4)10-8-11-19-12-14-13-20-14/h14-15H,5-13H2,1-4H3. The average Bonchev–Trinajstić information content (AvgIpc) is 3.33. The quantitative estimate of drug-likeness (QED) is 0.280. The van der Waals surface area contributed by atoms with Crippen molar-refractivity contribution in [2.24, 2.45) is 0 Å². The summed E-state index contributed by atoms with van der Waals surface area (Å²) < 4.78 is 27.7. The van der Waals surface area contributed by atoms with Crippen molar-refractivity contribution >= 4 is 8.80 Å². The Hall–Kier alpha value is 0.0169. The molecule has 1 heterocycles. The zero-order valence-corrected chi connectivity index (χ0v) is 15.1. The lowest BCUT2D eigenvalue weighted by molar-refractivity contribution is 0.0958. The van der Waals surface area contributed by atoms with E-state index in [0.29, 0.717) is 11.6 Å². The molecule has 0 bridgehead atoms. The highest BCUT2D eigenvalue weighted by Crippen LogP contribution is 2.33. The van der Waals surface area contributed by atoms with Gasteiger partial charge in [-0.2, -0.15) is 0 Å². The molecule has 6 heteroatoms. The molecule has 21 heavy (non-hydrogen) atoms. The first-order chi connectivity index (χ1) is 10.2.